The van der Waals surface area contributed by atoms with Gasteiger partial charge in [-0.25, -0.2) is 0 Å². The highest BCUT2D eigenvalue weighted by Gasteiger charge is 2.16. The van der Waals surface area contributed by atoms with E-state index in [2.05, 4.69) is 12.2 Å². The van der Waals surface area contributed by atoms with Crippen molar-refractivity contribution in [2.24, 2.45) is 0 Å². The van der Waals surface area contributed by atoms with Gasteiger partial charge in [0.1, 0.15) is 0 Å². The minimum atomic E-state index is -1.00. The van der Waals surface area contributed by atoms with Gasteiger partial charge in [-0.05, 0) is 6.42 Å². The Hall–Kier alpha value is -0.910. The molecule has 5 nitrogen and oxygen atoms in total. The molecule has 4 N–H and O–H groups in total. The summed E-state index contributed by atoms with van der Waals surface area (Å²) in [5.41, 5.74) is 0. The van der Waals surface area contributed by atoms with Crippen molar-refractivity contribution < 1.29 is 20.1 Å². The van der Waals surface area contributed by atoms with Crippen LogP contribution in [0.15, 0.2) is 12.2 Å². The highest BCUT2D eigenvalue weighted by molar-refractivity contribution is 5.73. The molecule has 3 atom stereocenters. The van der Waals surface area contributed by atoms with Crippen LogP contribution in [0.25, 0.3) is 0 Å². The molecule has 0 spiro atoms. The highest BCUT2D eigenvalue weighted by Crippen LogP contribution is 2.12. The van der Waals surface area contributed by atoms with Gasteiger partial charge in [0.05, 0.1) is 24.9 Å². The van der Waals surface area contributed by atoms with Gasteiger partial charge in [-0.1, -0.05) is 83.3 Å². The molecule has 0 bridgehead atoms. The largest absolute Gasteiger partial charge is 0.394 e. The van der Waals surface area contributed by atoms with Crippen molar-refractivity contribution >= 4 is 5.91 Å². The molecule has 0 saturated heterocycles. The van der Waals surface area contributed by atoms with Gasteiger partial charge in [-0.3, -0.25) is 4.79 Å². The molecule has 5 heteroatoms. The van der Waals surface area contributed by atoms with E-state index in [0.29, 0.717) is 6.42 Å². The number of rotatable bonds is 16. The normalized spacial score (nSPS) is 15.2. The number of amides is 1. The Morgan fingerprint density at radius 2 is 1.44 bits per heavy atom. The summed E-state index contributed by atoms with van der Waals surface area (Å²) in [5.74, 6) is -0.308. The van der Waals surface area contributed by atoms with Gasteiger partial charge in [0, 0.05) is 6.92 Å². The molecule has 148 valence electrons. The molecule has 0 aliphatic carbocycles. The zero-order chi connectivity index (χ0) is 18.9. The van der Waals surface area contributed by atoms with Crippen LogP contribution in [-0.2, 0) is 4.79 Å². The van der Waals surface area contributed by atoms with E-state index >= 15 is 0 Å². The number of aliphatic hydroxyl groups excluding tert-OH is 3. The Kier molecular flexibility index (Phi) is 16.0. The van der Waals surface area contributed by atoms with Gasteiger partial charge >= 0.3 is 0 Å². The first-order valence-electron chi connectivity index (χ1n) is 9.93. The van der Waals surface area contributed by atoms with Crippen LogP contribution in [0.4, 0.5) is 0 Å². The van der Waals surface area contributed by atoms with Crippen molar-refractivity contribution in [3.8, 4) is 0 Å². The minimum absolute atomic E-state index is 0.308. The average Bonchev–Trinajstić information content (AvgIpc) is 2.59. The van der Waals surface area contributed by atoms with E-state index in [9.17, 15) is 15.0 Å². The predicted octanol–water partition coefficient (Wildman–Crippen LogP) is 3.07. The molecule has 0 fully saturated rings. The maximum atomic E-state index is 11.0. The third kappa shape index (κ3) is 15.1. The number of hydrogen-bond acceptors (Lipinski definition) is 4. The summed E-state index contributed by atoms with van der Waals surface area (Å²) in [6.07, 6.45) is 14.6. The molecule has 0 radical (unpaired) electrons. The number of hydrogen-bond donors (Lipinski definition) is 4. The van der Waals surface area contributed by atoms with Crippen LogP contribution in [0.1, 0.15) is 84.5 Å². The molecule has 0 aliphatic heterocycles. The molecule has 0 aromatic rings. The molecule has 0 rings (SSSR count). The molecule has 1 amide bonds. The van der Waals surface area contributed by atoms with Crippen LogP contribution in [0.3, 0.4) is 0 Å². The lowest BCUT2D eigenvalue weighted by Gasteiger charge is -2.19. The second-order valence-electron chi connectivity index (χ2n) is 6.90. The zero-order valence-corrected chi connectivity index (χ0v) is 16.1. The van der Waals surface area contributed by atoms with E-state index in [1.807, 2.05) is 0 Å². The number of aliphatic hydroxyl groups is 3. The highest BCUT2D eigenvalue weighted by atomic mass is 16.3. The number of nitrogens with one attached hydrogen (secondary N) is 1. The molecule has 0 aliphatic rings. The van der Waals surface area contributed by atoms with Gasteiger partial charge in [-0.15, -0.1) is 0 Å². The van der Waals surface area contributed by atoms with E-state index in [0.717, 1.165) is 12.8 Å². The van der Waals surface area contributed by atoms with Gasteiger partial charge in [0.15, 0.2) is 0 Å². The van der Waals surface area contributed by atoms with Crippen molar-refractivity contribution in [2.75, 3.05) is 6.61 Å². The van der Waals surface area contributed by atoms with Crippen LogP contribution in [0.2, 0.25) is 0 Å². The Morgan fingerprint density at radius 3 is 1.92 bits per heavy atom. The Labute approximate surface area is 153 Å². The topological polar surface area (TPSA) is 89.8 Å². The zero-order valence-electron chi connectivity index (χ0n) is 16.1. The maximum Gasteiger partial charge on any atom is 0.217 e. The number of unbranched alkanes of at least 4 members (excludes halogenated alkanes) is 9. The van der Waals surface area contributed by atoms with Crippen molar-refractivity contribution in [3.05, 3.63) is 12.2 Å². The standard InChI is InChI=1S/C20H39NO4/c1-3-4-5-6-7-8-9-10-11-12-13-18(24)14-15-20(25)19(16-22)21-17(2)23/h14-15,18-20,22,24-25H,3-13,16H2,1-2H3,(H,21,23)/b15-14+. The summed E-state index contributed by atoms with van der Waals surface area (Å²) >= 11 is 0. The van der Waals surface area contributed by atoms with E-state index in [1.54, 1.807) is 6.08 Å². The summed E-state index contributed by atoms with van der Waals surface area (Å²) in [7, 11) is 0. The first kappa shape index (κ1) is 24.1. The van der Waals surface area contributed by atoms with Crippen LogP contribution in [0, 0.1) is 0 Å². The molecule has 0 aromatic carbocycles. The van der Waals surface area contributed by atoms with Crippen LogP contribution in [0.5, 0.6) is 0 Å². The first-order chi connectivity index (χ1) is 12.0. The van der Waals surface area contributed by atoms with E-state index < -0.39 is 18.2 Å². The van der Waals surface area contributed by atoms with Crippen LogP contribution >= 0.6 is 0 Å². The molecule has 3 unspecified atom stereocenters. The third-order valence-electron chi connectivity index (χ3n) is 4.38. The maximum absolute atomic E-state index is 11.0. The lowest BCUT2D eigenvalue weighted by molar-refractivity contribution is -0.120. The summed E-state index contributed by atoms with van der Waals surface area (Å²) in [5, 5.41) is 31.4. The van der Waals surface area contributed by atoms with E-state index in [1.165, 1.54) is 64.4 Å². The Morgan fingerprint density at radius 1 is 0.920 bits per heavy atom. The van der Waals surface area contributed by atoms with Crippen LogP contribution < -0.4 is 5.32 Å². The van der Waals surface area contributed by atoms with E-state index in [-0.39, 0.29) is 12.5 Å². The quantitative estimate of drug-likeness (QED) is 0.252. The second kappa shape index (κ2) is 16.6. The fourth-order valence-corrected chi connectivity index (χ4v) is 2.81. The summed E-state index contributed by atoms with van der Waals surface area (Å²) in [6.45, 7) is 3.22. The lowest BCUT2D eigenvalue weighted by Crippen LogP contribution is -2.44. The fraction of sp³-hybridized carbons (Fsp3) is 0.850. The smallest absolute Gasteiger partial charge is 0.217 e. The third-order valence-corrected chi connectivity index (χ3v) is 4.38. The fourth-order valence-electron chi connectivity index (χ4n) is 2.81. The Bertz CT molecular complexity index is 347. The molecule has 0 heterocycles. The molecule has 0 saturated carbocycles. The summed E-state index contributed by atoms with van der Waals surface area (Å²) < 4.78 is 0. The first-order valence-corrected chi connectivity index (χ1v) is 9.93. The molecule has 0 aromatic heterocycles. The molecular weight excluding hydrogens is 318 g/mol. The lowest BCUT2D eigenvalue weighted by atomic mass is 10.0. The van der Waals surface area contributed by atoms with Crippen LogP contribution in [-0.4, -0.2) is 46.1 Å². The number of carbonyl (C=O) groups excluding carboxylic acids is 1. The van der Waals surface area contributed by atoms with Gasteiger partial charge < -0.3 is 20.6 Å². The van der Waals surface area contributed by atoms with Gasteiger partial charge in [0.2, 0.25) is 5.91 Å². The molecule has 25 heavy (non-hydrogen) atoms. The van der Waals surface area contributed by atoms with Crippen molar-refractivity contribution in [1.82, 2.24) is 5.32 Å². The minimum Gasteiger partial charge on any atom is -0.394 e. The second-order valence-corrected chi connectivity index (χ2v) is 6.90. The van der Waals surface area contributed by atoms with E-state index in [4.69, 9.17) is 5.11 Å². The molecular formula is C20H39NO4. The average molecular weight is 358 g/mol. The summed E-state index contributed by atoms with van der Waals surface area (Å²) in [6, 6.07) is -0.738. The van der Waals surface area contributed by atoms with Gasteiger partial charge in [-0.2, -0.15) is 0 Å². The van der Waals surface area contributed by atoms with Crippen molar-refractivity contribution in [1.29, 1.82) is 0 Å². The van der Waals surface area contributed by atoms with Crippen molar-refractivity contribution in [2.45, 2.75) is 103 Å². The van der Waals surface area contributed by atoms with Gasteiger partial charge in [0.25, 0.3) is 0 Å². The monoisotopic (exact) mass is 357 g/mol. The summed E-state index contributed by atoms with van der Waals surface area (Å²) in [4.78, 5) is 11.0. The number of carbonyl (C=O) groups is 1. The SMILES string of the molecule is CCCCCCCCCCCCC(O)/C=C/C(O)C(CO)NC(C)=O. The predicted molar refractivity (Wildman–Crippen MR) is 102 cm³/mol. The van der Waals surface area contributed by atoms with Crippen molar-refractivity contribution in [3.63, 3.8) is 0 Å². The Balaban J connectivity index is 3.68.